The smallest absolute Gasteiger partial charge is 0.303 e. The van der Waals surface area contributed by atoms with Crippen LogP contribution in [0.3, 0.4) is 0 Å². The zero-order valence-electron chi connectivity index (χ0n) is 21.4. The minimum atomic E-state index is -0.812. The van der Waals surface area contributed by atoms with E-state index in [4.69, 9.17) is 9.47 Å². The lowest BCUT2D eigenvalue weighted by atomic mass is 9.57. The standard InChI is InChI=1S/C27H41N3O4/c1-18-15-23-22(10-9-20(3)27(23,32)16-24(18)34-21(4)31)19(2)17-29-11-13-30(14-12-29)25-7-6-8-26(28-25)33-5/h6-8,15,19-20,22-24,32H,9-14,16-17H2,1-5H3/t19-,20-,22+,23-,24-,27-/m1/s1. The summed E-state index contributed by atoms with van der Waals surface area (Å²) < 4.78 is 10.8. The van der Waals surface area contributed by atoms with Crippen LogP contribution in [0, 0.1) is 23.7 Å². The molecule has 2 heterocycles. The Morgan fingerprint density at radius 3 is 2.68 bits per heavy atom. The quantitative estimate of drug-likeness (QED) is 0.503. The second-order valence-corrected chi connectivity index (χ2v) is 10.7. The average molecular weight is 472 g/mol. The van der Waals surface area contributed by atoms with Crippen LogP contribution in [0.25, 0.3) is 0 Å². The van der Waals surface area contributed by atoms with E-state index in [1.54, 1.807) is 7.11 Å². The van der Waals surface area contributed by atoms with E-state index in [1.807, 2.05) is 25.1 Å². The third-order valence-corrected chi connectivity index (χ3v) is 8.49. The number of nitrogens with zero attached hydrogens (tertiary/aromatic N) is 3. The first-order chi connectivity index (χ1) is 16.2. The molecule has 1 saturated heterocycles. The zero-order chi connectivity index (χ0) is 24.5. The summed E-state index contributed by atoms with van der Waals surface area (Å²) >= 11 is 0. The number of pyridine rings is 1. The number of methoxy groups -OCH3 is 1. The van der Waals surface area contributed by atoms with Crippen LogP contribution in [0.15, 0.2) is 29.8 Å². The van der Waals surface area contributed by atoms with Crippen LogP contribution in [0.5, 0.6) is 5.88 Å². The Morgan fingerprint density at radius 2 is 2.00 bits per heavy atom. The first-order valence-electron chi connectivity index (χ1n) is 12.8. The molecule has 0 unspecified atom stereocenters. The number of aromatic nitrogens is 1. The first-order valence-corrected chi connectivity index (χ1v) is 12.8. The number of carbonyl (C=O) groups is 1. The lowest BCUT2D eigenvalue weighted by Gasteiger charge is -2.53. The normalized spacial score (nSPS) is 33.0. The largest absolute Gasteiger partial charge is 0.481 e. The van der Waals surface area contributed by atoms with Crippen molar-refractivity contribution >= 4 is 11.8 Å². The van der Waals surface area contributed by atoms with Crippen LogP contribution in [-0.2, 0) is 9.53 Å². The van der Waals surface area contributed by atoms with Gasteiger partial charge in [-0.1, -0.05) is 26.0 Å². The summed E-state index contributed by atoms with van der Waals surface area (Å²) in [6.07, 6.45) is 4.56. The fourth-order valence-corrected chi connectivity index (χ4v) is 6.39. The monoisotopic (exact) mass is 471 g/mol. The number of hydrogen-bond acceptors (Lipinski definition) is 7. The molecule has 1 aromatic rings. The van der Waals surface area contributed by atoms with Crippen LogP contribution in [0.1, 0.15) is 47.0 Å². The van der Waals surface area contributed by atoms with E-state index in [0.29, 0.717) is 24.1 Å². The summed E-state index contributed by atoms with van der Waals surface area (Å²) in [6, 6.07) is 5.92. The number of carbonyl (C=O) groups excluding carboxylic acids is 1. The van der Waals surface area contributed by atoms with Crippen LogP contribution in [0.4, 0.5) is 5.82 Å². The number of esters is 1. The summed E-state index contributed by atoms with van der Waals surface area (Å²) in [7, 11) is 1.65. The van der Waals surface area contributed by atoms with E-state index in [0.717, 1.165) is 57.0 Å². The molecular weight excluding hydrogens is 430 g/mol. The van der Waals surface area contributed by atoms with Gasteiger partial charge in [0.05, 0.1) is 12.7 Å². The summed E-state index contributed by atoms with van der Waals surface area (Å²) in [5.74, 6) is 2.55. The minimum Gasteiger partial charge on any atom is -0.481 e. The van der Waals surface area contributed by atoms with Crippen molar-refractivity contribution in [1.82, 2.24) is 9.88 Å². The van der Waals surface area contributed by atoms with Crippen LogP contribution < -0.4 is 9.64 Å². The van der Waals surface area contributed by atoms with Gasteiger partial charge in [0.15, 0.2) is 0 Å². The Hall–Kier alpha value is -2.12. The van der Waals surface area contributed by atoms with Gasteiger partial charge in [-0.25, -0.2) is 0 Å². The molecule has 7 heteroatoms. The Kier molecular flexibility index (Phi) is 7.53. The number of fused-ring (bicyclic) bond motifs is 1. The molecule has 6 atom stereocenters. The second kappa shape index (κ2) is 10.2. The highest BCUT2D eigenvalue weighted by atomic mass is 16.5. The summed E-state index contributed by atoms with van der Waals surface area (Å²) in [4.78, 5) is 21.1. The maximum absolute atomic E-state index is 11.8. The molecule has 0 amide bonds. The van der Waals surface area contributed by atoms with Crippen molar-refractivity contribution in [2.45, 2.75) is 58.7 Å². The SMILES string of the molecule is COc1cccc(N2CCN(C[C@@H](C)[C@@H]3CC[C@@H](C)[C@]4(O)C[C@@H](OC(C)=O)C(C)=C[C@H]34)CC2)n1. The molecule has 0 bridgehead atoms. The highest BCUT2D eigenvalue weighted by Crippen LogP contribution is 2.51. The van der Waals surface area contributed by atoms with Crippen molar-refractivity contribution < 1.29 is 19.4 Å². The van der Waals surface area contributed by atoms with E-state index >= 15 is 0 Å². The van der Waals surface area contributed by atoms with E-state index in [-0.39, 0.29) is 23.9 Å². The van der Waals surface area contributed by atoms with E-state index in [9.17, 15) is 9.90 Å². The lowest BCUT2D eigenvalue weighted by molar-refractivity contribution is -0.159. The molecule has 3 aliphatic rings. The van der Waals surface area contributed by atoms with Crippen molar-refractivity contribution in [3.63, 3.8) is 0 Å². The number of piperazine rings is 1. The van der Waals surface area contributed by atoms with Gasteiger partial charge in [-0.3, -0.25) is 9.69 Å². The fourth-order valence-electron chi connectivity index (χ4n) is 6.39. The van der Waals surface area contributed by atoms with Gasteiger partial charge in [0.2, 0.25) is 5.88 Å². The maximum atomic E-state index is 11.8. The average Bonchev–Trinajstić information content (AvgIpc) is 2.81. The highest BCUT2D eigenvalue weighted by Gasteiger charge is 2.52. The third-order valence-electron chi connectivity index (χ3n) is 8.49. The number of hydrogen-bond donors (Lipinski definition) is 1. The predicted octanol–water partition coefficient (Wildman–Crippen LogP) is 3.52. The van der Waals surface area contributed by atoms with Gasteiger partial charge in [-0.2, -0.15) is 4.98 Å². The topological polar surface area (TPSA) is 75.1 Å². The van der Waals surface area contributed by atoms with Crippen LogP contribution >= 0.6 is 0 Å². The van der Waals surface area contributed by atoms with Gasteiger partial charge >= 0.3 is 5.97 Å². The molecule has 1 aromatic heterocycles. The predicted molar refractivity (Wildman–Crippen MR) is 133 cm³/mol. The van der Waals surface area contributed by atoms with E-state index in [1.165, 1.54) is 6.92 Å². The van der Waals surface area contributed by atoms with Crippen molar-refractivity contribution in [1.29, 1.82) is 0 Å². The molecule has 0 spiro atoms. The highest BCUT2D eigenvalue weighted by molar-refractivity contribution is 5.66. The van der Waals surface area contributed by atoms with Gasteiger partial charge in [0, 0.05) is 58.1 Å². The van der Waals surface area contributed by atoms with Crippen LogP contribution in [0.2, 0.25) is 0 Å². The van der Waals surface area contributed by atoms with Crippen molar-refractivity contribution in [3.8, 4) is 5.88 Å². The number of anilines is 1. The molecule has 1 aliphatic heterocycles. The Labute approximate surface area is 204 Å². The third kappa shape index (κ3) is 5.10. The molecular formula is C27H41N3O4. The number of ether oxygens (including phenoxy) is 2. The molecule has 34 heavy (non-hydrogen) atoms. The summed E-state index contributed by atoms with van der Waals surface area (Å²) in [5.41, 5.74) is 0.267. The molecule has 7 nitrogen and oxygen atoms in total. The van der Waals surface area contributed by atoms with Crippen LogP contribution in [-0.4, -0.2) is 72.5 Å². The van der Waals surface area contributed by atoms with Crippen molar-refractivity contribution in [2.75, 3.05) is 44.7 Å². The van der Waals surface area contributed by atoms with Gasteiger partial charge in [-0.05, 0) is 49.2 Å². The molecule has 2 fully saturated rings. The lowest BCUT2D eigenvalue weighted by Crippen LogP contribution is -2.56. The molecule has 0 radical (unpaired) electrons. The number of aliphatic hydroxyl groups is 1. The molecule has 1 N–H and O–H groups in total. The summed E-state index contributed by atoms with van der Waals surface area (Å²) in [6.45, 7) is 12.9. The van der Waals surface area contributed by atoms with Gasteiger partial charge in [-0.15, -0.1) is 0 Å². The maximum Gasteiger partial charge on any atom is 0.303 e. The summed E-state index contributed by atoms with van der Waals surface area (Å²) in [5, 5.41) is 11.8. The molecule has 4 rings (SSSR count). The van der Waals surface area contributed by atoms with Gasteiger partial charge in [0.25, 0.3) is 0 Å². The van der Waals surface area contributed by atoms with E-state index < -0.39 is 5.60 Å². The first kappa shape index (κ1) is 25.0. The van der Waals surface area contributed by atoms with E-state index in [2.05, 4.69) is 34.7 Å². The zero-order valence-corrected chi connectivity index (χ0v) is 21.4. The fraction of sp³-hybridized carbons (Fsp3) is 0.704. The Morgan fingerprint density at radius 1 is 1.26 bits per heavy atom. The molecule has 1 saturated carbocycles. The minimum absolute atomic E-state index is 0.111. The van der Waals surface area contributed by atoms with Crippen molar-refractivity contribution in [2.24, 2.45) is 23.7 Å². The van der Waals surface area contributed by atoms with Crippen molar-refractivity contribution in [3.05, 3.63) is 29.8 Å². The van der Waals surface area contributed by atoms with Gasteiger partial charge in [0.1, 0.15) is 11.9 Å². The number of rotatable bonds is 6. The molecule has 2 aliphatic carbocycles. The Bertz CT molecular complexity index is 898. The molecule has 188 valence electrons. The molecule has 0 aromatic carbocycles. The second-order valence-electron chi connectivity index (χ2n) is 10.7. The van der Waals surface area contributed by atoms with Gasteiger partial charge < -0.3 is 19.5 Å². The Balaban J connectivity index is 1.40.